The Morgan fingerprint density at radius 2 is 2.19 bits per heavy atom. The summed E-state index contributed by atoms with van der Waals surface area (Å²) >= 11 is 0. The van der Waals surface area contributed by atoms with Crippen molar-refractivity contribution in [2.45, 2.75) is 32.5 Å². The van der Waals surface area contributed by atoms with Gasteiger partial charge in [-0.3, -0.25) is 0 Å². The number of aliphatic hydroxyl groups excluding tert-OH is 1. The van der Waals surface area contributed by atoms with E-state index in [9.17, 15) is 4.79 Å². The van der Waals surface area contributed by atoms with Crippen LogP contribution in [0.5, 0.6) is 0 Å². The quantitative estimate of drug-likeness (QED) is 0.746. The zero-order valence-corrected chi connectivity index (χ0v) is 11.0. The largest absolute Gasteiger partial charge is 0.444 e. The molecule has 0 unspecified atom stereocenters. The van der Waals surface area contributed by atoms with Gasteiger partial charge in [0.1, 0.15) is 5.60 Å². The summed E-state index contributed by atoms with van der Waals surface area (Å²) in [7, 11) is 0. The minimum absolute atomic E-state index is 0. The van der Waals surface area contributed by atoms with E-state index in [-0.39, 0.29) is 32.3 Å². The highest BCUT2D eigenvalue weighted by atomic mass is 32.1. The van der Waals surface area contributed by atoms with Crippen LogP contribution in [0.2, 0.25) is 0 Å². The van der Waals surface area contributed by atoms with Crippen LogP contribution in [0.1, 0.15) is 20.8 Å². The molecule has 0 aromatic heterocycles. The molecule has 1 aliphatic heterocycles. The molecule has 0 aliphatic carbocycles. The van der Waals surface area contributed by atoms with Crippen LogP contribution < -0.4 is 0 Å². The van der Waals surface area contributed by atoms with Gasteiger partial charge < -0.3 is 19.5 Å². The number of aliphatic hydroxyl groups is 1. The third-order valence-corrected chi connectivity index (χ3v) is 1.99. The average Bonchev–Trinajstić information content (AvgIpc) is 2.15. The molecule has 0 saturated carbocycles. The highest BCUT2D eigenvalue weighted by Crippen LogP contribution is 2.12. The van der Waals surface area contributed by atoms with Gasteiger partial charge in [-0.25, -0.2) is 4.79 Å². The molecule has 1 heterocycles. The van der Waals surface area contributed by atoms with Crippen molar-refractivity contribution < 1.29 is 19.4 Å². The molecule has 0 aromatic carbocycles. The molecule has 16 heavy (non-hydrogen) atoms. The summed E-state index contributed by atoms with van der Waals surface area (Å²) in [5, 5.41) is 8.92. The number of carbonyl (C=O) groups excluding carboxylic acids is 1. The number of ether oxygens (including phenoxy) is 2. The third kappa shape index (κ3) is 5.05. The maximum Gasteiger partial charge on any atom is 0.410 e. The summed E-state index contributed by atoms with van der Waals surface area (Å²) in [5.74, 6) is 0. The first-order chi connectivity index (χ1) is 6.92. The van der Waals surface area contributed by atoms with Gasteiger partial charge in [-0.15, -0.1) is 0 Å². The summed E-state index contributed by atoms with van der Waals surface area (Å²) in [6.07, 6.45) is -0.629. The summed E-state index contributed by atoms with van der Waals surface area (Å²) in [6, 6.07) is 0. The Kier molecular flexibility index (Phi) is 6.14. The fraction of sp³-hybridized carbons (Fsp3) is 0.900. The Labute approximate surface area is 103 Å². The lowest BCUT2D eigenvalue weighted by Crippen LogP contribution is -2.48. The van der Waals surface area contributed by atoms with Crippen molar-refractivity contribution >= 4 is 19.6 Å². The van der Waals surface area contributed by atoms with E-state index in [1.807, 2.05) is 20.8 Å². The minimum Gasteiger partial charge on any atom is -0.444 e. The number of nitrogens with zero attached hydrogens (tertiary/aromatic N) is 1. The monoisotopic (exact) mass is 251 g/mol. The van der Waals surface area contributed by atoms with Gasteiger partial charge in [0.15, 0.2) is 0 Å². The molecule has 1 N–H and O–H groups in total. The average molecular weight is 251 g/mol. The topological polar surface area (TPSA) is 59.0 Å². The molecule has 1 rings (SSSR count). The van der Waals surface area contributed by atoms with Crippen molar-refractivity contribution in [1.29, 1.82) is 0 Å². The molecule has 0 spiro atoms. The van der Waals surface area contributed by atoms with E-state index in [1.54, 1.807) is 4.90 Å². The number of amides is 1. The number of carbonyl (C=O) groups is 1. The smallest absolute Gasteiger partial charge is 0.410 e. The molecule has 96 valence electrons. The molecule has 1 atom stereocenters. The zero-order chi connectivity index (χ0) is 11.5. The van der Waals surface area contributed by atoms with Gasteiger partial charge in [0.2, 0.25) is 0 Å². The lowest BCUT2D eigenvalue weighted by molar-refractivity contribution is -0.0593. The van der Waals surface area contributed by atoms with Gasteiger partial charge in [-0.2, -0.15) is 13.5 Å². The molecule has 0 bridgehead atoms. The van der Waals surface area contributed by atoms with Crippen LogP contribution in [0, 0.1) is 0 Å². The van der Waals surface area contributed by atoms with Crippen molar-refractivity contribution in [2.75, 3.05) is 26.3 Å². The molecular formula is C10H21NO4S. The van der Waals surface area contributed by atoms with E-state index in [1.165, 1.54) is 0 Å². The van der Waals surface area contributed by atoms with E-state index in [2.05, 4.69) is 0 Å². The molecule has 1 aliphatic rings. The number of hydrogen-bond donors (Lipinski definition) is 1. The molecule has 0 aromatic rings. The molecule has 1 amide bonds. The Bertz CT molecular complexity index is 229. The van der Waals surface area contributed by atoms with Crippen molar-refractivity contribution in [2.24, 2.45) is 0 Å². The highest BCUT2D eigenvalue weighted by Gasteiger charge is 2.27. The second-order valence-corrected chi connectivity index (χ2v) is 4.60. The Balaban J connectivity index is 0.00000225. The Hall–Kier alpha value is -0.460. The number of hydrogen-bond acceptors (Lipinski definition) is 4. The summed E-state index contributed by atoms with van der Waals surface area (Å²) in [5.41, 5.74) is -0.482. The first kappa shape index (κ1) is 15.5. The maximum absolute atomic E-state index is 11.6. The van der Waals surface area contributed by atoms with Crippen LogP contribution in [0.15, 0.2) is 0 Å². The maximum atomic E-state index is 11.6. The van der Waals surface area contributed by atoms with Crippen molar-refractivity contribution in [1.82, 2.24) is 4.90 Å². The SMILES string of the molecule is CC(C)(C)OC(=O)N1CCO[C@H](CO)C1.S. The third-order valence-electron chi connectivity index (χ3n) is 1.99. The molecule has 1 saturated heterocycles. The number of rotatable bonds is 1. The molecule has 6 heteroatoms. The van der Waals surface area contributed by atoms with Crippen molar-refractivity contribution in [3.05, 3.63) is 0 Å². The van der Waals surface area contributed by atoms with Gasteiger partial charge >= 0.3 is 6.09 Å². The van der Waals surface area contributed by atoms with Gasteiger partial charge in [0, 0.05) is 6.54 Å². The standard InChI is InChI=1S/C10H19NO4.H2S/c1-10(2,3)15-9(13)11-4-5-14-8(6-11)7-12;/h8,12H,4-7H2,1-3H3;1H2/t8-;/m0./s1. The predicted molar refractivity (Wildman–Crippen MR) is 65.0 cm³/mol. The van der Waals surface area contributed by atoms with Crippen molar-refractivity contribution in [3.8, 4) is 0 Å². The van der Waals surface area contributed by atoms with Crippen LogP contribution in [0.25, 0.3) is 0 Å². The molecular weight excluding hydrogens is 230 g/mol. The van der Waals surface area contributed by atoms with Gasteiger partial charge in [0.05, 0.1) is 25.9 Å². The first-order valence-electron chi connectivity index (χ1n) is 5.13. The van der Waals surface area contributed by atoms with E-state index < -0.39 is 5.60 Å². The Morgan fingerprint density at radius 3 is 2.69 bits per heavy atom. The van der Waals surface area contributed by atoms with E-state index in [0.29, 0.717) is 19.7 Å². The van der Waals surface area contributed by atoms with Crippen LogP contribution >= 0.6 is 13.5 Å². The van der Waals surface area contributed by atoms with E-state index in [0.717, 1.165) is 0 Å². The summed E-state index contributed by atoms with van der Waals surface area (Å²) in [4.78, 5) is 13.2. The normalized spacial score (nSPS) is 21.2. The fourth-order valence-corrected chi connectivity index (χ4v) is 1.32. The predicted octanol–water partition coefficient (Wildman–Crippen LogP) is 0.727. The fourth-order valence-electron chi connectivity index (χ4n) is 1.32. The summed E-state index contributed by atoms with van der Waals surface area (Å²) in [6.45, 7) is 6.78. The van der Waals surface area contributed by atoms with Crippen LogP contribution in [0.3, 0.4) is 0 Å². The van der Waals surface area contributed by atoms with E-state index in [4.69, 9.17) is 14.6 Å². The molecule has 5 nitrogen and oxygen atoms in total. The van der Waals surface area contributed by atoms with E-state index >= 15 is 0 Å². The second-order valence-electron chi connectivity index (χ2n) is 4.60. The minimum atomic E-state index is -0.482. The lowest BCUT2D eigenvalue weighted by Gasteiger charge is -2.33. The van der Waals surface area contributed by atoms with Gasteiger partial charge in [-0.05, 0) is 20.8 Å². The van der Waals surface area contributed by atoms with Gasteiger partial charge in [-0.1, -0.05) is 0 Å². The molecule has 1 fully saturated rings. The lowest BCUT2D eigenvalue weighted by atomic mass is 10.2. The Morgan fingerprint density at radius 1 is 1.56 bits per heavy atom. The van der Waals surface area contributed by atoms with Gasteiger partial charge in [0.25, 0.3) is 0 Å². The van der Waals surface area contributed by atoms with Crippen LogP contribution in [-0.2, 0) is 9.47 Å². The second kappa shape index (κ2) is 6.32. The van der Waals surface area contributed by atoms with Crippen LogP contribution in [0.4, 0.5) is 4.79 Å². The van der Waals surface area contributed by atoms with Crippen LogP contribution in [-0.4, -0.2) is 54.1 Å². The first-order valence-corrected chi connectivity index (χ1v) is 5.13. The summed E-state index contributed by atoms with van der Waals surface area (Å²) < 4.78 is 10.5. The zero-order valence-electron chi connectivity index (χ0n) is 10.0. The molecule has 0 radical (unpaired) electrons. The highest BCUT2D eigenvalue weighted by molar-refractivity contribution is 7.59. The number of morpholine rings is 1. The van der Waals surface area contributed by atoms with Crippen molar-refractivity contribution in [3.63, 3.8) is 0 Å².